The van der Waals surface area contributed by atoms with Crippen molar-refractivity contribution in [3.8, 4) is 0 Å². The predicted octanol–water partition coefficient (Wildman–Crippen LogP) is 1.15. The fraction of sp³-hybridized carbons (Fsp3) is 0.500. The topological polar surface area (TPSA) is 87.2 Å². The highest BCUT2D eigenvalue weighted by Crippen LogP contribution is 2.28. The quantitative estimate of drug-likeness (QED) is 0.863. The SMILES string of the molecule is CO[C@@H](C(=O)N1CC(C(=O)N(C)C)CCC1C(=O)O)c1ccccc1. The summed E-state index contributed by atoms with van der Waals surface area (Å²) in [6.45, 7) is 0.0828. The molecule has 1 N–H and O–H groups in total. The molecule has 0 saturated carbocycles. The summed E-state index contributed by atoms with van der Waals surface area (Å²) < 4.78 is 5.34. The van der Waals surface area contributed by atoms with Gasteiger partial charge in [-0.1, -0.05) is 30.3 Å². The fourth-order valence-corrected chi connectivity index (χ4v) is 3.20. The van der Waals surface area contributed by atoms with Crippen molar-refractivity contribution >= 4 is 17.8 Å². The van der Waals surface area contributed by atoms with Gasteiger partial charge in [-0.15, -0.1) is 0 Å². The van der Waals surface area contributed by atoms with Gasteiger partial charge in [0.1, 0.15) is 6.04 Å². The second-order valence-electron chi connectivity index (χ2n) is 6.38. The highest BCUT2D eigenvalue weighted by Gasteiger charge is 2.41. The van der Waals surface area contributed by atoms with Gasteiger partial charge in [-0.25, -0.2) is 4.79 Å². The minimum Gasteiger partial charge on any atom is -0.480 e. The maximum Gasteiger partial charge on any atom is 0.326 e. The van der Waals surface area contributed by atoms with E-state index in [1.807, 2.05) is 6.07 Å². The molecule has 1 aromatic rings. The molecule has 2 unspecified atom stereocenters. The molecule has 136 valence electrons. The number of amides is 2. The van der Waals surface area contributed by atoms with E-state index in [2.05, 4.69) is 0 Å². The lowest BCUT2D eigenvalue weighted by Gasteiger charge is -2.39. The number of likely N-dealkylation sites (tertiary alicyclic amines) is 1. The highest BCUT2D eigenvalue weighted by molar-refractivity contribution is 5.89. The molecule has 1 aliphatic rings. The summed E-state index contributed by atoms with van der Waals surface area (Å²) in [5.74, 6) is -2.00. The zero-order valence-corrected chi connectivity index (χ0v) is 14.7. The van der Waals surface area contributed by atoms with Crippen LogP contribution in [0, 0.1) is 5.92 Å². The van der Waals surface area contributed by atoms with E-state index in [-0.39, 0.29) is 18.9 Å². The number of benzene rings is 1. The van der Waals surface area contributed by atoms with Crippen LogP contribution in [0.25, 0.3) is 0 Å². The molecule has 1 heterocycles. The van der Waals surface area contributed by atoms with Crippen LogP contribution in [0.2, 0.25) is 0 Å². The molecule has 1 fully saturated rings. The lowest BCUT2D eigenvalue weighted by molar-refractivity contribution is -0.160. The summed E-state index contributed by atoms with van der Waals surface area (Å²) >= 11 is 0. The third kappa shape index (κ3) is 4.17. The molecule has 7 heteroatoms. The normalized spacial score (nSPS) is 21.5. The van der Waals surface area contributed by atoms with Gasteiger partial charge in [-0.05, 0) is 18.4 Å². The molecule has 25 heavy (non-hydrogen) atoms. The Morgan fingerprint density at radius 2 is 1.84 bits per heavy atom. The van der Waals surface area contributed by atoms with Crippen molar-refractivity contribution in [1.82, 2.24) is 9.80 Å². The molecule has 0 spiro atoms. The summed E-state index contributed by atoms with van der Waals surface area (Å²) in [6, 6.07) is 7.98. The number of hydrogen-bond acceptors (Lipinski definition) is 4. The molecular formula is C18H24N2O5. The van der Waals surface area contributed by atoms with Crippen molar-refractivity contribution in [3.05, 3.63) is 35.9 Å². The first-order valence-corrected chi connectivity index (χ1v) is 8.19. The van der Waals surface area contributed by atoms with Crippen LogP contribution in [0.15, 0.2) is 30.3 Å². The highest BCUT2D eigenvalue weighted by atomic mass is 16.5. The van der Waals surface area contributed by atoms with Crippen LogP contribution < -0.4 is 0 Å². The molecule has 7 nitrogen and oxygen atoms in total. The van der Waals surface area contributed by atoms with Gasteiger partial charge in [0.05, 0.1) is 5.92 Å². The monoisotopic (exact) mass is 348 g/mol. The third-order valence-corrected chi connectivity index (χ3v) is 4.50. The number of carboxylic acids is 1. The summed E-state index contributed by atoms with van der Waals surface area (Å²) in [7, 11) is 4.72. The molecule has 0 aliphatic carbocycles. The number of ether oxygens (including phenoxy) is 1. The number of carboxylic acid groups (broad SMARTS) is 1. The Morgan fingerprint density at radius 3 is 2.36 bits per heavy atom. The maximum absolute atomic E-state index is 13.0. The zero-order valence-electron chi connectivity index (χ0n) is 14.7. The molecule has 1 saturated heterocycles. The van der Waals surface area contributed by atoms with Gasteiger partial charge in [0.25, 0.3) is 5.91 Å². The van der Waals surface area contributed by atoms with E-state index in [1.54, 1.807) is 38.4 Å². The van der Waals surface area contributed by atoms with Crippen LogP contribution in [0.1, 0.15) is 24.5 Å². The molecule has 2 rings (SSSR count). The smallest absolute Gasteiger partial charge is 0.326 e. The van der Waals surface area contributed by atoms with Crippen LogP contribution in [0.5, 0.6) is 0 Å². The van der Waals surface area contributed by atoms with Crippen molar-refractivity contribution in [2.24, 2.45) is 5.92 Å². The van der Waals surface area contributed by atoms with E-state index in [1.165, 1.54) is 16.9 Å². The second kappa shape index (κ2) is 8.11. The number of piperidine rings is 1. The van der Waals surface area contributed by atoms with Gasteiger partial charge < -0.3 is 19.6 Å². The van der Waals surface area contributed by atoms with Gasteiger partial charge in [0.15, 0.2) is 6.10 Å². The average molecular weight is 348 g/mol. The number of nitrogens with zero attached hydrogens (tertiary/aromatic N) is 2. The standard InChI is InChI=1S/C18H24N2O5/c1-19(2)16(21)13-9-10-14(18(23)24)20(11-13)17(22)15(25-3)12-7-5-4-6-8-12/h4-8,13-15H,9-11H2,1-3H3,(H,23,24)/t13?,14?,15-/m1/s1. The van der Waals surface area contributed by atoms with E-state index in [9.17, 15) is 19.5 Å². The van der Waals surface area contributed by atoms with E-state index in [0.29, 0.717) is 12.0 Å². The Hall–Kier alpha value is -2.41. The number of carbonyl (C=O) groups excluding carboxylic acids is 2. The number of carbonyl (C=O) groups is 3. The molecule has 2 amide bonds. The lowest BCUT2D eigenvalue weighted by atomic mass is 9.90. The van der Waals surface area contributed by atoms with E-state index in [4.69, 9.17) is 4.74 Å². The van der Waals surface area contributed by atoms with Crippen LogP contribution in [-0.2, 0) is 19.1 Å². The Balaban J connectivity index is 2.27. The molecular weight excluding hydrogens is 324 g/mol. The number of hydrogen-bond donors (Lipinski definition) is 1. The third-order valence-electron chi connectivity index (χ3n) is 4.50. The van der Waals surface area contributed by atoms with Crippen molar-refractivity contribution in [3.63, 3.8) is 0 Å². The second-order valence-corrected chi connectivity index (χ2v) is 6.38. The summed E-state index contributed by atoms with van der Waals surface area (Å²) in [4.78, 5) is 39.6. The molecule has 0 bridgehead atoms. The van der Waals surface area contributed by atoms with Crippen molar-refractivity contribution < 1.29 is 24.2 Å². The van der Waals surface area contributed by atoms with Crippen molar-refractivity contribution in [2.75, 3.05) is 27.7 Å². The maximum atomic E-state index is 13.0. The molecule has 0 radical (unpaired) electrons. The molecule has 3 atom stereocenters. The van der Waals surface area contributed by atoms with Gasteiger partial charge in [0.2, 0.25) is 5.91 Å². The van der Waals surface area contributed by atoms with Crippen molar-refractivity contribution in [1.29, 1.82) is 0 Å². The van der Waals surface area contributed by atoms with Gasteiger partial charge in [-0.3, -0.25) is 9.59 Å². The largest absolute Gasteiger partial charge is 0.480 e. The Morgan fingerprint density at radius 1 is 1.20 bits per heavy atom. The summed E-state index contributed by atoms with van der Waals surface area (Å²) in [6.07, 6.45) is -0.201. The van der Waals surface area contributed by atoms with Gasteiger partial charge in [-0.2, -0.15) is 0 Å². The van der Waals surface area contributed by atoms with Crippen LogP contribution in [-0.4, -0.2) is 66.5 Å². The fourth-order valence-electron chi connectivity index (χ4n) is 3.20. The predicted molar refractivity (Wildman–Crippen MR) is 90.7 cm³/mol. The van der Waals surface area contributed by atoms with E-state index >= 15 is 0 Å². The van der Waals surface area contributed by atoms with Gasteiger partial charge >= 0.3 is 5.97 Å². The Labute approximate surface area is 147 Å². The molecule has 1 aliphatic heterocycles. The zero-order chi connectivity index (χ0) is 18.6. The Kier molecular flexibility index (Phi) is 6.14. The van der Waals surface area contributed by atoms with Crippen LogP contribution in [0.3, 0.4) is 0 Å². The Bertz CT molecular complexity index is 632. The molecule has 0 aromatic heterocycles. The van der Waals surface area contributed by atoms with E-state index < -0.39 is 29.9 Å². The minimum atomic E-state index is -1.06. The first-order chi connectivity index (χ1) is 11.9. The van der Waals surface area contributed by atoms with Gasteiger partial charge in [0, 0.05) is 27.7 Å². The van der Waals surface area contributed by atoms with E-state index in [0.717, 1.165) is 0 Å². The van der Waals surface area contributed by atoms with Crippen LogP contribution >= 0.6 is 0 Å². The lowest BCUT2D eigenvalue weighted by Crippen LogP contribution is -2.54. The number of rotatable bonds is 5. The minimum absolute atomic E-state index is 0.0828. The van der Waals surface area contributed by atoms with Crippen LogP contribution in [0.4, 0.5) is 0 Å². The number of aliphatic carboxylic acids is 1. The van der Waals surface area contributed by atoms with Crippen molar-refractivity contribution in [2.45, 2.75) is 25.0 Å². The first kappa shape index (κ1) is 18.9. The molecule has 1 aromatic carbocycles. The summed E-state index contributed by atoms with van der Waals surface area (Å²) in [5, 5.41) is 9.49. The summed E-state index contributed by atoms with van der Waals surface area (Å²) in [5.41, 5.74) is 0.653. The number of methoxy groups -OCH3 is 1. The average Bonchev–Trinajstić information content (AvgIpc) is 2.61. The first-order valence-electron chi connectivity index (χ1n) is 8.19.